The molecule has 9 nitrogen and oxygen atoms in total. The molecule has 4 aromatic rings. The number of aromatic amines is 1. The Morgan fingerprint density at radius 1 is 1.07 bits per heavy atom. The molecule has 0 unspecified atom stereocenters. The number of rotatable bonds is 7. The monoisotopic (exact) mass is 578 g/mol. The van der Waals surface area contributed by atoms with Gasteiger partial charge < -0.3 is 14.4 Å². The van der Waals surface area contributed by atoms with Crippen LogP contribution in [0.4, 0.5) is 5.69 Å². The predicted octanol–water partition coefficient (Wildman–Crippen LogP) is 3.14. The summed E-state index contributed by atoms with van der Waals surface area (Å²) in [5, 5.41) is 4.40. The summed E-state index contributed by atoms with van der Waals surface area (Å²) in [6.07, 6.45) is 2.91. The Morgan fingerprint density at radius 2 is 1.85 bits per heavy atom. The molecule has 0 bridgehead atoms. The molecule has 0 spiro atoms. The van der Waals surface area contributed by atoms with E-state index in [0.29, 0.717) is 21.4 Å². The third-order valence-electron chi connectivity index (χ3n) is 6.55. The van der Waals surface area contributed by atoms with Gasteiger partial charge in [-0.1, -0.05) is 43.3 Å². The molecule has 208 valence electrons. The molecule has 0 atom stereocenters. The van der Waals surface area contributed by atoms with Gasteiger partial charge in [0.15, 0.2) is 0 Å². The second-order valence-corrected chi connectivity index (χ2v) is 11.1. The number of fused-ring (bicyclic) bond motifs is 1. The molecule has 1 aliphatic rings. The van der Waals surface area contributed by atoms with Crippen LogP contribution in [0, 0.1) is 9.88 Å². The number of esters is 1. The minimum Gasteiger partial charge on any atom is -0.497 e. The van der Waals surface area contributed by atoms with Gasteiger partial charge in [-0.25, -0.2) is 9.48 Å². The number of hydrogen-bond donors (Lipinski definition) is 1. The fraction of sp³-hybridized carbons (Fsp3) is 0.276. The number of nitrogens with one attached hydrogen (secondary N) is 1. The average Bonchev–Trinajstić information content (AvgIpc) is 3.57. The fourth-order valence-corrected chi connectivity index (χ4v) is 7.04. The lowest BCUT2D eigenvalue weighted by atomic mass is 10.3. The molecular weight excluding hydrogens is 548 g/mol. The van der Waals surface area contributed by atoms with E-state index in [-0.39, 0.29) is 28.3 Å². The molecule has 11 heteroatoms. The Labute approximate surface area is 238 Å². The molecule has 2 aromatic heterocycles. The van der Waals surface area contributed by atoms with Crippen LogP contribution in [0.1, 0.15) is 26.7 Å². The molecule has 3 heterocycles. The van der Waals surface area contributed by atoms with Gasteiger partial charge in [0.1, 0.15) is 25.2 Å². The highest BCUT2D eigenvalue weighted by atomic mass is 32.2. The van der Waals surface area contributed by atoms with Gasteiger partial charge in [-0.3, -0.25) is 19.3 Å². The molecule has 0 fully saturated rings. The first-order valence-corrected chi connectivity index (χ1v) is 14.6. The van der Waals surface area contributed by atoms with E-state index in [1.807, 2.05) is 48.3 Å². The number of thiazole rings is 1. The topological polar surface area (TPSA) is 98.6 Å². The third-order valence-corrected chi connectivity index (χ3v) is 9.10. The van der Waals surface area contributed by atoms with Crippen LogP contribution in [-0.4, -0.2) is 41.1 Å². The van der Waals surface area contributed by atoms with Crippen LogP contribution < -0.4 is 30.6 Å². The van der Waals surface area contributed by atoms with Crippen molar-refractivity contribution >= 4 is 45.9 Å². The van der Waals surface area contributed by atoms with E-state index in [1.165, 1.54) is 33.9 Å². The SMILES string of the molecule is CCCCn1c(=c2c(=CC(=O)OCC)[nH]n(-c3ccccc3)c2=O)sc(=C2Sc3ccc(OC)cc3N2C)c1=O. The number of hydrogen-bond acceptors (Lipinski definition) is 8. The Hall–Kier alpha value is -3.96. The van der Waals surface area contributed by atoms with Gasteiger partial charge in [0.2, 0.25) is 0 Å². The second kappa shape index (κ2) is 11.6. The van der Waals surface area contributed by atoms with Gasteiger partial charge in [0, 0.05) is 30.6 Å². The minimum atomic E-state index is -0.575. The number of para-hydroxylation sites is 1. The van der Waals surface area contributed by atoms with E-state index < -0.39 is 5.97 Å². The number of aromatic nitrogens is 3. The second-order valence-electron chi connectivity index (χ2n) is 9.12. The molecule has 0 amide bonds. The van der Waals surface area contributed by atoms with Crippen molar-refractivity contribution in [2.24, 2.45) is 0 Å². The predicted molar refractivity (Wildman–Crippen MR) is 159 cm³/mol. The van der Waals surface area contributed by atoms with Crippen molar-refractivity contribution in [1.29, 1.82) is 0 Å². The van der Waals surface area contributed by atoms with Gasteiger partial charge >= 0.3 is 5.97 Å². The highest BCUT2D eigenvalue weighted by Crippen LogP contribution is 2.46. The van der Waals surface area contributed by atoms with Crippen molar-refractivity contribution in [3.63, 3.8) is 0 Å². The first-order chi connectivity index (χ1) is 19.4. The van der Waals surface area contributed by atoms with Crippen LogP contribution in [0.25, 0.3) is 16.8 Å². The summed E-state index contributed by atoms with van der Waals surface area (Å²) in [6, 6.07) is 14.9. The molecule has 0 aliphatic carbocycles. The summed E-state index contributed by atoms with van der Waals surface area (Å²) in [6.45, 7) is 4.42. The minimum absolute atomic E-state index is 0.170. The number of H-pyrrole nitrogens is 1. The zero-order valence-electron chi connectivity index (χ0n) is 22.7. The molecule has 1 aliphatic heterocycles. The van der Waals surface area contributed by atoms with Crippen molar-refractivity contribution in [3.8, 4) is 11.4 Å². The summed E-state index contributed by atoms with van der Waals surface area (Å²) >= 11 is 2.77. The van der Waals surface area contributed by atoms with Crippen LogP contribution >= 0.6 is 23.1 Å². The lowest BCUT2D eigenvalue weighted by molar-refractivity contribution is -0.135. The Morgan fingerprint density at radius 3 is 2.55 bits per heavy atom. The number of nitrogens with zero attached hydrogens (tertiary/aromatic N) is 3. The van der Waals surface area contributed by atoms with Gasteiger partial charge in [-0.15, -0.1) is 11.3 Å². The van der Waals surface area contributed by atoms with E-state index in [9.17, 15) is 14.4 Å². The van der Waals surface area contributed by atoms with Crippen LogP contribution in [0.5, 0.6) is 5.75 Å². The Bertz CT molecular complexity index is 1900. The third kappa shape index (κ3) is 5.02. The van der Waals surface area contributed by atoms with Crippen molar-refractivity contribution in [1.82, 2.24) is 14.3 Å². The van der Waals surface area contributed by atoms with Gasteiger partial charge in [-0.05, 0) is 37.6 Å². The zero-order valence-corrected chi connectivity index (χ0v) is 24.4. The van der Waals surface area contributed by atoms with E-state index in [1.54, 1.807) is 30.7 Å². The fourth-order valence-electron chi connectivity index (χ4n) is 4.53. The first kappa shape index (κ1) is 27.6. The number of ether oxygens (including phenoxy) is 2. The smallest absolute Gasteiger partial charge is 0.332 e. The molecular formula is C29H30N4O5S2. The lowest BCUT2D eigenvalue weighted by Crippen LogP contribution is -2.31. The number of methoxy groups -OCH3 is 1. The molecule has 5 rings (SSSR count). The maximum absolute atomic E-state index is 14.0. The van der Waals surface area contributed by atoms with Crippen molar-refractivity contribution < 1.29 is 14.3 Å². The van der Waals surface area contributed by atoms with E-state index >= 15 is 0 Å². The van der Waals surface area contributed by atoms with E-state index in [2.05, 4.69) is 12.0 Å². The number of carbonyl (C=O) groups excluding carboxylic acids is 1. The average molecular weight is 579 g/mol. The zero-order chi connectivity index (χ0) is 28.4. The Kier molecular flexibility index (Phi) is 8.04. The van der Waals surface area contributed by atoms with Crippen molar-refractivity contribution in [3.05, 3.63) is 89.0 Å². The molecule has 0 saturated heterocycles. The quantitative estimate of drug-likeness (QED) is 0.337. The number of thioether (sulfide) groups is 1. The Balaban J connectivity index is 1.89. The summed E-state index contributed by atoms with van der Waals surface area (Å²) in [4.78, 5) is 43.4. The lowest BCUT2D eigenvalue weighted by Gasteiger charge is -2.13. The van der Waals surface area contributed by atoms with Gasteiger partial charge in [-0.2, -0.15) is 0 Å². The number of benzene rings is 2. The standard InChI is InChI=1S/C29H30N4O5S2/c1-5-7-15-32-27(36)25(29-31(3)21-16-19(37-4)13-14-22(21)39-29)40-28(32)24-20(17-23(34)38-6-2)30-33(26(24)35)18-11-9-8-10-12-18/h8-14,16-17,30H,5-7,15H2,1-4H3. The maximum atomic E-state index is 14.0. The van der Waals surface area contributed by atoms with E-state index in [0.717, 1.165) is 34.2 Å². The van der Waals surface area contributed by atoms with Crippen LogP contribution in [-0.2, 0) is 16.1 Å². The number of anilines is 1. The summed E-state index contributed by atoms with van der Waals surface area (Å²) in [5.41, 5.74) is 1.03. The summed E-state index contributed by atoms with van der Waals surface area (Å²) in [7, 11) is 3.54. The largest absolute Gasteiger partial charge is 0.497 e. The summed E-state index contributed by atoms with van der Waals surface area (Å²) in [5.74, 6) is 0.155. The molecule has 0 radical (unpaired) electrons. The first-order valence-electron chi connectivity index (χ1n) is 13.0. The van der Waals surface area contributed by atoms with Gasteiger partial charge in [0.25, 0.3) is 11.1 Å². The number of carbonyl (C=O) groups is 1. The van der Waals surface area contributed by atoms with Crippen LogP contribution in [0.3, 0.4) is 0 Å². The molecule has 40 heavy (non-hydrogen) atoms. The highest BCUT2D eigenvalue weighted by molar-refractivity contribution is 8.08. The maximum Gasteiger partial charge on any atom is 0.332 e. The summed E-state index contributed by atoms with van der Waals surface area (Å²) < 4.78 is 14.6. The molecule has 1 N–H and O–H groups in total. The van der Waals surface area contributed by atoms with Crippen LogP contribution in [0.15, 0.2) is 63.0 Å². The van der Waals surface area contributed by atoms with Crippen LogP contribution in [0.2, 0.25) is 0 Å². The van der Waals surface area contributed by atoms with Gasteiger partial charge in [0.05, 0.1) is 30.4 Å². The van der Waals surface area contributed by atoms with E-state index in [4.69, 9.17) is 9.47 Å². The highest BCUT2D eigenvalue weighted by Gasteiger charge is 2.26. The van der Waals surface area contributed by atoms with Crippen molar-refractivity contribution in [2.45, 2.75) is 38.1 Å². The molecule has 2 aromatic carbocycles. The van der Waals surface area contributed by atoms with Crippen molar-refractivity contribution in [2.75, 3.05) is 25.7 Å². The normalized spacial score (nSPS) is 15.4. The number of unbranched alkanes of at least 4 members (excludes halogenated alkanes) is 1. The molecule has 0 saturated carbocycles.